The molecule has 0 aliphatic carbocycles. The van der Waals surface area contributed by atoms with Crippen LogP contribution in [0.4, 0.5) is 5.69 Å². The van der Waals surface area contributed by atoms with Gasteiger partial charge in [-0.2, -0.15) is 0 Å². The van der Waals surface area contributed by atoms with Gasteiger partial charge in [0.05, 0.1) is 18.2 Å². The van der Waals surface area contributed by atoms with Crippen LogP contribution in [-0.2, 0) is 14.8 Å². The highest BCUT2D eigenvalue weighted by atomic mass is 35.5. The summed E-state index contributed by atoms with van der Waals surface area (Å²) in [6.07, 6.45) is 0. The molecular weight excluding hydrogens is 463 g/mol. The van der Waals surface area contributed by atoms with Crippen molar-refractivity contribution in [3.63, 3.8) is 0 Å². The minimum Gasteiger partial charge on any atom is -0.449 e. The summed E-state index contributed by atoms with van der Waals surface area (Å²) in [4.78, 5) is 14.6. The first kappa shape index (κ1) is 22.0. The van der Waals surface area contributed by atoms with Crippen LogP contribution < -0.4 is 4.72 Å². The molecule has 0 radical (unpaired) electrons. The Morgan fingerprint density at radius 2 is 1.81 bits per heavy atom. The summed E-state index contributed by atoms with van der Waals surface area (Å²) in [6, 6.07) is 8.45. The van der Waals surface area contributed by atoms with Gasteiger partial charge in [0.2, 0.25) is 5.76 Å². The van der Waals surface area contributed by atoms with Crippen LogP contribution in [0, 0.1) is 13.8 Å². The number of sulfonamides is 1. The first-order valence-corrected chi connectivity index (χ1v) is 11.8. The number of amides is 1. The number of furan rings is 1. The van der Waals surface area contributed by atoms with Crippen molar-refractivity contribution in [2.24, 2.45) is 0 Å². The first-order chi connectivity index (χ1) is 14.7. The number of rotatable bonds is 4. The van der Waals surface area contributed by atoms with Crippen LogP contribution in [0.5, 0.6) is 0 Å². The third kappa shape index (κ3) is 4.01. The summed E-state index contributed by atoms with van der Waals surface area (Å²) in [5.41, 5.74) is 1.31. The predicted molar refractivity (Wildman–Crippen MR) is 120 cm³/mol. The zero-order valence-electron chi connectivity index (χ0n) is 16.9. The summed E-state index contributed by atoms with van der Waals surface area (Å²) >= 11 is 12.6. The molecule has 4 rings (SSSR count). The number of hydrogen-bond donors (Lipinski definition) is 1. The van der Waals surface area contributed by atoms with Crippen LogP contribution in [0.15, 0.2) is 39.6 Å². The molecule has 1 fully saturated rings. The number of nitrogens with zero attached hydrogens (tertiary/aromatic N) is 1. The lowest BCUT2D eigenvalue weighted by molar-refractivity contribution is 0.0285. The van der Waals surface area contributed by atoms with Crippen molar-refractivity contribution in [3.05, 3.63) is 57.3 Å². The number of anilines is 1. The Morgan fingerprint density at radius 1 is 1.13 bits per heavy atom. The number of para-hydroxylation sites is 1. The van der Waals surface area contributed by atoms with E-state index in [4.69, 9.17) is 32.4 Å². The summed E-state index contributed by atoms with van der Waals surface area (Å²) in [7, 11) is -4.19. The third-order valence-corrected chi connectivity index (χ3v) is 7.69. The Kier molecular flexibility index (Phi) is 5.91. The van der Waals surface area contributed by atoms with Gasteiger partial charge in [-0.1, -0.05) is 35.3 Å². The summed E-state index contributed by atoms with van der Waals surface area (Å²) in [5, 5.41) is 0.822. The van der Waals surface area contributed by atoms with Gasteiger partial charge in [0.25, 0.3) is 15.9 Å². The third-order valence-electron chi connectivity index (χ3n) is 5.18. The number of halogens is 2. The molecule has 1 N–H and O–H groups in total. The average Bonchev–Trinajstić information content (AvgIpc) is 3.10. The lowest BCUT2D eigenvalue weighted by Gasteiger charge is -2.26. The van der Waals surface area contributed by atoms with E-state index < -0.39 is 15.9 Å². The number of aryl methyl sites for hydroxylation is 1. The van der Waals surface area contributed by atoms with E-state index in [0.717, 1.165) is 0 Å². The fourth-order valence-electron chi connectivity index (χ4n) is 3.53. The van der Waals surface area contributed by atoms with Crippen molar-refractivity contribution in [1.29, 1.82) is 0 Å². The Hall–Kier alpha value is -2.26. The largest absolute Gasteiger partial charge is 0.449 e. The molecule has 0 atom stereocenters. The van der Waals surface area contributed by atoms with Crippen LogP contribution in [0.25, 0.3) is 11.0 Å². The molecule has 0 bridgehead atoms. The van der Waals surface area contributed by atoms with Crippen molar-refractivity contribution >= 4 is 55.8 Å². The smallest absolute Gasteiger partial charge is 0.291 e. The number of ether oxygens (including phenoxy) is 1. The zero-order valence-corrected chi connectivity index (χ0v) is 19.2. The van der Waals surface area contributed by atoms with Crippen LogP contribution in [-0.4, -0.2) is 45.5 Å². The Morgan fingerprint density at radius 3 is 2.52 bits per heavy atom. The van der Waals surface area contributed by atoms with Gasteiger partial charge in [0.15, 0.2) is 0 Å². The predicted octanol–water partition coefficient (Wildman–Crippen LogP) is 4.63. The van der Waals surface area contributed by atoms with E-state index in [0.29, 0.717) is 48.4 Å². The summed E-state index contributed by atoms with van der Waals surface area (Å²) in [5.74, 6) is -0.499. The molecule has 1 aliphatic rings. The molecule has 1 aliphatic heterocycles. The molecule has 164 valence electrons. The minimum absolute atomic E-state index is 0.0696. The molecule has 2 heterocycles. The van der Waals surface area contributed by atoms with Gasteiger partial charge in [-0.15, -0.1) is 0 Å². The zero-order chi connectivity index (χ0) is 22.3. The van der Waals surface area contributed by atoms with E-state index in [2.05, 4.69) is 4.72 Å². The van der Waals surface area contributed by atoms with Gasteiger partial charge in [-0.05, 0) is 43.2 Å². The van der Waals surface area contributed by atoms with Gasteiger partial charge in [0.1, 0.15) is 16.2 Å². The van der Waals surface area contributed by atoms with Crippen LogP contribution in [0.1, 0.15) is 21.7 Å². The van der Waals surface area contributed by atoms with E-state index in [-0.39, 0.29) is 26.4 Å². The summed E-state index contributed by atoms with van der Waals surface area (Å²) in [6.45, 7) is 4.84. The number of morpholine rings is 1. The number of hydrogen-bond acceptors (Lipinski definition) is 5. The van der Waals surface area contributed by atoms with E-state index >= 15 is 0 Å². The van der Waals surface area contributed by atoms with Gasteiger partial charge in [0, 0.05) is 23.5 Å². The molecule has 31 heavy (non-hydrogen) atoms. The molecule has 0 spiro atoms. The maximum Gasteiger partial charge on any atom is 0.291 e. The van der Waals surface area contributed by atoms with Crippen molar-refractivity contribution in [1.82, 2.24) is 4.90 Å². The molecule has 2 aromatic carbocycles. The lowest BCUT2D eigenvalue weighted by atomic mass is 10.2. The monoisotopic (exact) mass is 482 g/mol. The van der Waals surface area contributed by atoms with E-state index in [1.807, 2.05) is 0 Å². The Bertz CT molecular complexity index is 1250. The molecular formula is C21H20Cl2N2O5S. The van der Waals surface area contributed by atoms with E-state index in [1.165, 1.54) is 0 Å². The molecule has 10 heteroatoms. The molecule has 1 aromatic heterocycles. The maximum absolute atomic E-state index is 13.4. The van der Waals surface area contributed by atoms with Crippen molar-refractivity contribution in [2.75, 3.05) is 31.0 Å². The van der Waals surface area contributed by atoms with Crippen molar-refractivity contribution < 1.29 is 22.4 Å². The van der Waals surface area contributed by atoms with Crippen LogP contribution >= 0.6 is 23.2 Å². The molecule has 1 saturated heterocycles. The molecule has 3 aromatic rings. The fraction of sp³-hybridized carbons (Fsp3) is 0.286. The van der Waals surface area contributed by atoms with E-state index in [1.54, 1.807) is 49.1 Å². The quantitative estimate of drug-likeness (QED) is 0.585. The standard InChI is InChI=1S/C21H20Cl2N2O5S/c1-12-11-15(22)13(2)20(17(12)23)31(27,28)24-18-14-5-3-4-6-16(14)30-19(18)21(26)25-7-9-29-10-8-25/h3-6,11,24H,7-10H2,1-2H3. The van der Waals surface area contributed by atoms with Gasteiger partial charge >= 0.3 is 0 Å². The molecule has 7 nitrogen and oxygen atoms in total. The maximum atomic E-state index is 13.4. The molecule has 1 amide bonds. The van der Waals surface area contributed by atoms with E-state index in [9.17, 15) is 13.2 Å². The normalized spacial score (nSPS) is 14.8. The average molecular weight is 483 g/mol. The summed E-state index contributed by atoms with van der Waals surface area (Å²) < 4.78 is 40.4. The van der Waals surface area contributed by atoms with Gasteiger partial charge < -0.3 is 14.1 Å². The second kappa shape index (κ2) is 8.35. The highest BCUT2D eigenvalue weighted by Crippen LogP contribution is 2.37. The second-order valence-electron chi connectivity index (χ2n) is 7.26. The lowest BCUT2D eigenvalue weighted by Crippen LogP contribution is -2.40. The van der Waals surface area contributed by atoms with Gasteiger partial charge in [-0.25, -0.2) is 8.42 Å². The van der Waals surface area contributed by atoms with Crippen molar-refractivity contribution in [2.45, 2.75) is 18.7 Å². The SMILES string of the molecule is Cc1cc(Cl)c(C)c(S(=O)(=O)Nc2c(C(=O)N3CCOCC3)oc3ccccc23)c1Cl. The second-order valence-corrected chi connectivity index (χ2v) is 9.66. The first-order valence-electron chi connectivity index (χ1n) is 9.57. The number of nitrogens with one attached hydrogen (secondary N) is 1. The molecule has 0 saturated carbocycles. The highest BCUT2D eigenvalue weighted by Gasteiger charge is 2.31. The number of carbonyl (C=O) groups excluding carboxylic acids is 1. The topological polar surface area (TPSA) is 88.9 Å². The number of fused-ring (bicyclic) bond motifs is 1. The minimum atomic E-state index is -4.19. The van der Waals surface area contributed by atoms with Crippen LogP contribution in [0.2, 0.25) is 10.0 Å². The fourth-order valence-corrected chi connectivity index (χ4v) is 5.82. The molecule has 0 unspecified atom stereocenters. The Labute approximate surface area is 189 Å². The van der Waals surface area contributed by atoms with Crippen LogP contribution in [0.3, 0.4) is 0 Å². The number of benzene rings is 2. The van der Waals surface area contributed by atoms with Gasteiger partial charge in [-0.3, -0.25) is 9.52 Å². The number of carbonyl (C=O) groups is 1. The highest BCUT2D eigenvalue weighted by molar-refractivity contribution is 7.93. The van der Waals surface area contributed by atoms with Crippen molar-refractivity contribution in [3.8, 4) is 0 Å². The Balaban J connectivity index is 1.84.